The Labute approximate surface area is 125 Å². The molecular formula is C17H23NO3. The van der Waals surface area contributed by atoms with Crippen molar-refractivity contribution in [2.45, 2.75) is 39.7 Å². The molecule has 2 rings (SSSR count). The average molecular weight is 289 g/mol. The minimum absolute atomic E-state index is 0.0103. The van der Waals surface area contributed by atoms with Gasteiger partial charge in [-0.3, -0.25) is 9.59 Å². The predicted octanol–water partition coefficient (Wildman–Crippen LogP) is 2.84. The van der Waals surface area contributed by atoms with Crippen LogP contribution in [-0.2, 0) is 16.1 Å². The zero-order valence-corrected chi connectivity index (χ0v) is 12.7. The minimum atomic E-state index is -0.836. The number of nitrogens with zero attached hydrogens (tertiary/aromatic N) is 1. The van der Waals surface area contributed by atoms with Crippen molar-refractivity contribution in [2.75, 3.05) is 6.54 Å². The van der Waals surface area contributed by atoms with Gasteiger partial charge in [-0.15, -0.1) is 0 Å². The Hall–Kier alpha value is -1.84. The van der Waals surface area contributed by atoms with E-state index in [0.29, 0.717) is 25.9 Å². The zero-order valence-electron chi connectivity index (χ0n) is 12.7. The van der Waals surface area contributed by atoms with Gasteiger partial charge in [0.1, 0.15) is 0 Å². The third-order valence-corrected chi connectivity index (χ3v) is 4.30. The fourth-order valence-electron chi connectivity index (χ4n) is 3.16. The smallest absolute Gasteiger partial charge is 0.307 e. The molecule has 0 radical (unpaired) electrons. The van der Waals surface area contributed by atoms with Gasteiger partial charge >= 0.3 is 5.97 Å². The second-order valence-electron chi connectivity index (χ2n) is 5.82. The van der Waals surface area contributed by atoms with Gasteiger partial charge in [-0.05, 0) is 32.3 Å². The van der Waals surface area contributed by atoms with E-state index in [2.05, 4.69) is 6.07 Å². The van der Waals surface area contributed by atoms with E-state index < -0.39 is 11.9 Å². The summed E-state index contributed by atoms with van der Waals surface area (Å²) in [5.41, 5.74) is 2.26. The summed E-state index contributed by atoms with van der Waals surface area (Å²) in [4.78, 5) is 25.7. The number of rotatable bonds is 5. The maximum atomic E-state index is 12.6. The number of benzene rings is 1. The van der Waals surface area contributed by atoms with Crippen molar-refractivity contribution in [1.82, 2.24) is 4.90 Å². The fraction of sp³-hybridized carbons (Fsp3) is 0.529. The lowest BCUT2D eigenvalue weighted by atomic mass is 9.94. The van der Waals surface area contributed by atoms with Crippen molar-refractivity contribution in [2.24, 2.45) is 11.8 Å². The SMILES string of the molecule is CCN(Cc1cccc(C)c1)C(=O)[C@@H]1CCC[C@@H]1C(=O)O. The second-order valence-corrected chi connectivity index (χ2v) is 5.82. The lowest BCUT2D eigenvalue weighted by Crippen LogP contribution is -2.38. The van der Waals surface area contributed by atoms with E-state index in [0.717, 1.165) is 12.0 Å². The van der Waals surface area contributed by atoms with E-state index in [4.69, 9.17) is 0 Å². The first kappa shape index (κ1) is 15.5. The van der Waals surface area contributed by atoms with Crippen LogP contribution in [0.1, 0.15) is 37.3 Å². The summed E-state index contributed by atoms with van der Waals surface area (Å²) < 4.78 is 0. The number of hydrogen-bond acceptors (Lipinski definition) is 2. The maximum Gasteiger partial charge on any atom is 0.307 e. The van der Waals surface area contributed by atoms with Crippen LogP contribution in [0.2, 0.25) is 0 Å². The van der Waals surface area contributed by atoms with Gasteiger partial charge in [-0.25, -0.2) is 0 Å². The molecule has 4 heteroatoms. The molecule has 1 saturated carbocycles. The van der Waals surface area contributed by atoms with Crippen molar-refractivity contribution < 1.29 is 14.7 Å². The molecule has 1 aliphatic rings. The van der Waals surface area contributed by atoms with Gasteiger partial charge in [0.2, 0.25) is 5.91 Å². The van der Waals surface area contributed by atoms with Crippen molar-refractivity contribution in [3.05, 3.63) is 35.4 Å². The molecule has 1 aromatic rings. The van der Waals surface area contributed by atoms with Crippen LogP contribution in [0.3, 0.4) is 0 Å². The van der Waals surface area contributed by atoms with Crippen molar-refractivity contribution in [3.8, 4) is 0 Å². The predicted molar refractivity (Wildman–Crippen MR) is 80.7 cm³/mol. The van der Waals surface area contributed by atoms with Gasteiger partial charge in [0.05, 0.1) is 11.8 Å². The molecule has 2 atom stereocenters. The molecule has 0 spiro atoms. The monoisotopic (exact) mass is 289 g/mol. The van der Waals surface area contributed by atoms with Gasteiger partial charge in [0, 0.05) is 13.1 Å². The third-order valence-electron chi connectivity index (χ3n) is 4.30. The average Bonchev–Trinajstić information content (AvgIpc) is 2.93. The molecular weight excluding hydrogens is 266 g/mol. The van der Waals surface area contributed by atoms with E-state index in [1.54, 1.807) is 4.90 Å². The van der Waals surface area contributed by atoms with Crippen LogP contribution in [0.4, 0.5) is 0 Å². The number of carbonyl (C=O) groups is 2. The summed E-state index contributed by atoms with van der Waals surface area (Å²) in [7, 11) is 0. The summed E-state index contributed by atoms with van der Waals surface area (Å²) in [5.74, 6) is -1.71. The van der Waals surface area contributed by atoms with Crippen LogP contribution in [0.25, 0.3) is 0 Å². The summed E-state index contributed by atoms with van der Waals surface area (Å²) in [6, 6.07) is 8.09. The number of aliphatic carboxylic acids is 1. The van der Waals surface area contributed by atoms with Gasteiger partial charge < -0.3 is 10.0 Å². The first-order chi connectivity index (χ1) is 10.0. The second kappa shape index (κ2) is 6.74. The highest BCUT2D eigenvalue weighted by Crippen LogP contribution is 2.33. The van der Waals surface area contributed by atoms with Crippen molar-refractivity contribution in [1.29, 1.82) is 0 Å². The van der Waals surface area contributed by atoms with Gasteiger partial charge in [0.25, 0.3) is 0 Å². The van der Waals surface area contributed by atoms with E-state index >= 15 is 0 Å². The molecule has 1 fully saturated rings. The van der Waals surface area contributed by atoms with Crippen LogP contribution < -0.4 is 0 Å². The topological polar surface area (TPSA) is 57.6 Å². The molecule has 21 heavy (non-hydrogen) atoms. The highest BCUT2D eigenvalue weighted by Gasteiger charge is 2.39. The summed E-state index contributed by atoms with van der Waals surface area (Å²) in [6.45, 7) is 5.13. The van der Waals surface area contributed by atoms with E-state index in [1.807, 2.05) is 32.0 Å². The largest absolute Gasteiger partial charge is 0.481 e. The van der Waals surface area contributed by atoms with Crippen LogP contribution in [0.5, 0.6) is 0 Å². The number of carbonyl (C=O) groups excluding carboxylic acids is 1. The molecule has 1 N–H and O–H groups in total. The first-order valence-corrected chi connectivity index (χ1v) is 7.60. The normalized spacial score (nSPS) is 21.2. The number of hydrogen-bond donors (Lipinski definition) is 1. The molecule has 4 nitrogen and oxygen atoms in total. The lowest BCUT2D eigenvalue weighted by molar-refractivity contribution is -0.149. The Morgan fingerprint density at radius 3 is 2.62 bits per heavy atom. The molecule has 0 aliphatic heterocycles. The van der Waals surface area contributed by atoms with Crippen molar-refractivity contribution >= 4 is 11.9 Å². The summed E-state index contributed by atoms with van der Waals surface area (Å²) >= 11 is 0. The molecule has 0 unspecified atom stereocenters. The number of carboxylic acid groups (broad SMARTS) is 1. The highest BCUT2D eigenvalue weighted by molar-refractivity contribution is 5.85. The Balaban J connectivity index is 2.10. The number of aryl methyl sites for hydroxylation is 1. The number of amides is 1. The molecule has 0 bridgehead atoms. The number of carboxylic acids is 1. The quantitative estimate of drug-likeness (QED) is 0.906. The molecule has 1 aromatic carbocycles. The van der Waals surface area contributed by atoms with Crippen LogP contribution in [0.15, 0.2) is 24.3 Å². The Morgan fingerprint density at radius 2 is 2.00 bits per heavy atom. The Bertz CT molecular complexity index is 527. The van der Waals surface area contributed by atoms with E-state index in [-0.39, 0.29) is 11.8 Å². The fourth-order valence-corrected chi connectivity index (χ4v) is 3.16. The first-order valence-electron chi connectivity index (χ1n) is 7.60. The molecule has 1 amide bonds. The molecule has 114 valence electrons. The minimum Gasteiger partial charge on any atom is -0.481 e. The standard InChI is InChI=1S/C17H23NO3/c1-3-18(11-13-7-4-6-12(2)10-13)16(19)14-8-5-9-15(14)17(20)21/h4,6-7,10,14-15H,3,5,8-9,11H2,1-2H3,(H,20,21)/t14-,15+/m1/s1. The van der Waals surface area contributed by atoms with E-state index in [1.165, 1.54) is 5.56 Å². The van der Waals surface area contributed by atoms with Gasteiger partial charge in [-0.2, -0.15) is 0 Å². The molecule has 0 heterocycles. The van der Waals surface area contributed by atoms with Gasteiger partial charge in [0.15, 0.2) is 0 Å². The molecule has 0 aromatic heterocycles. The zero-order chi connectivity index (χ0) is 15.4. The van der Waals surface area contributed by atoms with Crippen LogP contribution in [-0.4, -0.2) is 28.4 Å². The lowest BCUT2D eigenvalue weighted by Gasteiger charge is -2.26. The van der Waals surface area contributed by atoms with Crippen LogP contribution in [0, 0.1) is 18.8 Å². The highest BCUT2D eigenvalue weighted by atomic mass is 16.4. The Morgan fingerprint density at radius 1 is 1.29 bits per heavy atom. The summed E-state index contributed by atoms with van der Waals surface area (Å²) in [5, 5.41) is 9.24. The van der Waals surface area contributed by atoms with Crippen LogP contribution >= 0.6 is 0 Å². The summed E-state index contributed by atoms with van der Waals surface area (Å²) in [6.07, 6.45) is 2.14. The third kappa shape index (κ3) is 3.63. The van der Waals surface area contributed by atoms with Crippen molar-refractivity contribution in [3.63, 3.8) is 0 Å². The van der Waals surface area contributed by atoms with E-state index in [9.17, 15) is 14.7 Å². The molecule has 1 aliphatic carbocycles. The van der Waals surface area contributed by atoms with Gasteiger partial charge in [-0.1, -0.05) is 36.2 Å². The molecule has 0 saturated heterocycles. The maximum absolute atomic E-state index is 12.6. The Kier molecular flexibility index (Phi) is 4.99.